The number of hydrogen-bond acceptors (Lipinski definition) is 1. The predicted molar refractivity (Wildman–Crippen MR) is 269 cm³/mol. The summed E-state index contributed by atoms with van der Waals surface area (Å²) in [5.74, 6) is 2.93. The van der Waals surface area contributed by atoms with Crippen LogP contribution in [0.2, 0.25) is 0 Å². The Labute approximate surface area is 378 Å². The van der Waals surface area contributed by atoms with Crippen molar-refractivity contribution in [2.24, 2.45) is 11.8 Å². The van der Waals surface area contributed by atoms with Crippen molar-refractivity contribution in [1.82, 2.24) is 0 Å². The molecular weight excluding hydrogens is 771 g/mol. The standard InChI is InChI=1S/C63H53N/c1-42(2)54-23-14-24-58-62(54)56-37-36-53(41-59(56)63(58,50-18-8-4-9-19-50)51-20-10-5-11-21-51)64(60-38-33-46-15-12-13-22-55(46)61(60)48-16-6-3-7-17-48)52-34-31-45(32-35-52)44-27-29-47(30-28-44)57-40-43-25-26-49(57)39-43/h3-24,27-38,41-43,49,57H,25-26,39-40H2,1-2H3. The lowest BCUT2D eigenvalue weighted by molar-refractivity contribution is 0.420. The molecule has 2 fully saturated rings. The van der Waals surface area contributed by atoms with E-state index in [0.717, 1.165) is 34.8 Å². The quantitative estimate of drug-likeness (QED) is 0.140. The second-order valence-corrected chi connectivity index (χ2v) is 19.0. The van der Waals surface area contributed by atoms with Crippen LogP contribution in [-0.4, -0.2) is 0 Å². The van der Waals surface area contributed by atoms with E-state index in [1.807, 2.05) is 0 Å². The van der Waals surface area contributed by atoms with E-state index in [2.05, 4.69) is 231 Å². The summed E-state index contributed by atoms with van der Waals surface area (Å²) in [4.78, 5) is 2.52. The Kier molecular flexibility index (Phi) is 9.48. The molecule has 12 rings (SSSR count). The van der Waals surface area contributed by atoms with Crippen LogP contribution in [0.15, 0.2) is 212 Å². The molecule has 0 spiro atoms. The summed E-state index contributed by atoms with van der Waals surface area (Å²) >= 11 is 0. The summed E-state index contributed by atoms with van der Waals surface area (Å²) in [7, 11) is 0. The van der Waals surface area contributed by atoms with Gasteiger partial charge >= 0.3 is 0 Å². The normalized spacial score (nSPS) is 18.0. The molecule has 3 aliphatic carbocycles. The minimum Gasteiger partial charge on any atom is -0.310 e. The van der Waals surface area contributed by atoms with Gasteiger partial charge in [0.2, 0.25) is 0 Å². The molecule has 3 atom stereocenters. The molecule has 2 bridgehead atoms. The summed E-state index contributed by atoms with van der Waals surface area (Å²) in [6, 6.07) is 80.1. The molecule has 3 aliphatic rings. The van der Waals surface area contributed by atoms with E-state index in [1.165, 1.54) is 103 Å². The average molecular weight is 824 g/mol. The van der Waals surface area contributed by atoms with Crippen LogP contribution in [0.4, 0.5) is 17.1 Å². The number of benzene rings is 9. The van der Waals surface area contributed by atoms with Gasteiger partial charge in [-0.15, -0.1) is 0 Å². The molecule has 0 amide bonds. The third-order valence-electron chi connectivity index (χ3n) is 15.2. The molecule has 0 heterocycles. The van der Waals surface area contributed by atoms with Crippen molar-refractivity contribution in [2.75, 3.05) is 4.90 Å². The molecular formula is C63H53N. The maximum atomic E-state index is 2.52. The van der Waals surface area contributed by atoms with Crippen molar-refractivity contribution in [1.29, 1.82) is 0 Å². The Morgan fingerprint density at radius 2 is 1.12 bits per heavy atom. The van der Waals surface area contributed by atoms with E-state index in [-0.39, 0.29) is 0 Å². The van der Waals surface area contributed by atoms with Gasteiger partial charge in [0, 0.05) is 16.9 Å². The Balaban J connectivity index is 1.08. The topological polar surface area (TPSA) is 3.24 Å². The van der Waals surface area contributed by atoms with Crippen molar-refractivity contribution >= 4 is 27.8 Å². The van der Waals surface area contributed by atoms with E-state index < -0.39 is 5.41 Å². The largest absolute Gasteiger partial charge is 0.310 e. The third kappa shape index (κ3) is 6.20. The SMILES string of the molecule is CC(C)c1cccc2c1-c1ccc(N(c3ccc(-c4ccc(C5CC6CCC5C6)cc4)cc3)c3ccc4ccccc4c3-c3ccccc3)cc1C2(c1ccccc1)c1ccccc1. The summed E-state index contributed by atoms with van der Waals surface area (Å²) in [6.07, 6.45) is 5.66. The van der Waals surface area contributed by atoms with Gasteiger partial charge < -0.3 is 4.90 Å². The third-order valence-corrected chi connectivity index (χ3v) is 15.2. The van der Waals surface area contributed by atoms with Crippen molar-refractivity contribution in [2.45, 2.75) is 56.8 Å². The molecule has 2 saturated carbocycles. The van der Waals surface area contributed by atoms with E-state index in [9.17, 15) is 0 Å². The molecule has 64 heavy (non-hydrogen) atoms. The lowest BCUT2D eigenvalue weighted by Gasteiger charge is -2.35. The number of hydrogen-bond donors (Lipinski definition) is 0. The molecule has 0 N–H and O–H groups in total. The van der Waals surface area contributed by atoms with Gasteiger partial charge in [-0.3, -0.25) is 0 Å². The first-order chi connectivity index (χ1) is 31.6. The van der Waals surface area contributed by atoms with Crippen LogP contribution in [0.1, 0.15) is 84.7 Å². The molecule has 1 nitrogen and oxygen atoms in total. The number of anilines is 3. The molecule has 0 radical (unpaired) electrons. The van der Waals surface area contributed by atoms with Crippen LogP contribution in [0.5, 0.6) is 0 Å². The first-order valence-electron chi connectivity index (χ1n) is 23.5. The van der Waals surface area contributed by atoms with Crippen LogP contribution in [-0.2, 0) is 5.41 Å². The van der Waals surface area contributed by atoms with Crippen LogP contribution in [0, 0.1) is 11.8 Å². The Hall–Kier alpha value is -6.96. The van der Waals surface area contributed by atoms with Crippen LogP contribution in [0.25, 0.3) is 44.2 Å². The fourth-order valence-electron chi connectivity index (χ4n) is 12.3. The summed E-state index contributed by atoms with van der Waals surface area (Å²) < 4.78 is 0. The van der Waals surface area contributed by atoms with Crippen molar-refractivity contribution in [3.8, 4) is 33.4 Å². The zero-order chi connectivity index (χ0) is 42.8. The average Bonchev–Trinajstić information content (AvgIpc) is 4.08. The van der Waals surface area contributed by atoms with E-state index >= 15 is 0 Å². The van der Waals surface area contributed by atoms with Crippen LogP contribution >= 0.6 is 0 Å². The van der Waals surface area contributed by atoms with Gasteiger partial charge in [-0.25, -0.2) is 0 Å². The van der Waals surface area contributed by atoms with Gasteiger partial charge in [0.15, 0.2) is 0 Å². The number of rotatable bonds is 9. The zero-order valence-corrected chi connectivity index (χ0v) is 36.8. The summed E-state index contributed by atoms with van der Waals surface area (Å²) in [5.41, 5.74) is 18.6. The first-order valence-corrected chi connectivity index (χ1v) is 23.5. The highest BCUT2D eigenvalue weighted by Crippen LogP contribution is 2.59. The first kappa shape index (κ1) is 38.7. The highest BCUT2D eigenvalue weighted by Gasteiger charge is 2.47. The minimum atomic E-state index is -0.528. The second kappa shape index (κ2) is 15.7. The fraction of sp³-hybridized carbons (Fsp3) is 0.175. The molecule has 0 aliphatic heterocycles. The second-order valence-electron chi connectivity index (χ2n) is 19.0. The van der Waals surface area contributed by atoms with Gasteiger partial charge in [0.1, 0.15) is 0 Å². The summed E-state index contributed by atoms with van der Waals surface area (Å²) in [5, 5.41) is 2.47. The molecule has 310 valence electrons. The van der Waals surface area contributed by atoms with E-state index in [0.29, 0.717) is 5.92 Å². The van der Waals surface area contributed by atoms with E-state index in [1.54, 1.807) is 0 Å². The van der Waals surface area contributed by atoms with Gasteiger partial charge in [0.25, 0.3) is 0 Å². The van der Waals surface area contributed by atoms with Crippen molar-refractivity contribution in [3.63, 3.8) is 0 Å². The molecule has 9 aromatic rings. The number of nitrogens with zero attached hydrogens (tertiary/aromatic N) is 1. The van der Waals surface area contributed by atoms with Gasteiger partial charge in [0.05, 0.1) is 11.1 Å². The number of fused-ring (bicyclic) bond motifs is 6. The minimum absolute atomic E-state index is 0.361. The monoisotopic (exact) mass is 823 g/mol. The molecule has 9 aromatic carbocycles. The van der Waals surface area contributed by atoms with Gasteiger partial charge in [-0.05, 0) is 145 Å². The van der Waals surface area contributed by atoms with Crippen LogP contribution < -0.4 is 4.90 Å². The lowest BCUT2D eigenvalue weighted by Crippen LogP contribution is -2.28. The van der Waals surface area contributed by atoms with Crippen molar-refractivity contribution < 1.29 is 0 Å². The molecule has 1 heteroatoms. The Morgan fingerprint density at radius 3 is 1.78 bits per heavy atom. The maximum Gasteiger partial charge on any atom is 0.0714 e. The smallest absolute Gasteiger partial charge is 0.0714 e. The molecule has 0 saturated heterocycles. The molecule has 3 unspecified atom stereocenters. The maximum absolute atomic E-state index is 2.52. The highest BCUT2D eigenvalue weighted by atomic mass is 15.1. The van der Waals surface area contributed by atoms with Gasteiger partial charge in [-0.2, -0.15) is 0 Å². The Morgan fingerprint density at radius 1 is 0.484 bits per heavy atom. The Bertz CT molecular complexity index is 3090. The van der Waals surface area contributed by atoms with Crippen LogP contribution in [0.3, 0.4) is 0 Å². The zero-order valence-electron chi connectivity index (χ0n) is 36.8. The van der Waals surface area contributed by atoms with E-state index in [4.69, 9.17) is 0 Å². The highest BCUT2D eigenvalue weighted by molar-refractivity contribution is 6.05. The van der Waals surface area contributed by atoms with Crippen molar-refractivity contribution in [3.05, 3.63) is 246 Å². The van der Waals surface area contributed by atoms with Gasteiger partial charge in [-0.1, -0.05) is 202 Å². The molecule has 0 aromatic heterocycles. The fourth-order valence-corrected chi connectivity index (χ4v) is 12.3. The summed E-state index contributed by atoms with van der Waals surface area (Å²) in [6.45, 7) is 4.66. The predicted octanol–water partition coefficient (Wildman–Crippen LogP) is 17.0. The lowest BCUT2D eigenvalue weighted by atomic mass is 9.67.